The van der Waals surface area contributed by atoms with Crippen LogP contribution < -0.4 is 5.32 Å². The molecule has 0 unspecified atom stereocenters. The predicted molar refractivity (Wildman–Crippen MR) is 93.4 cm³/mol. The van der Waals surface area contributed by atoms with Crippen molar-refractivity contribution in [2.45, 2.75) is 65.8 Å². The molecule has 1 amide bonds. The summed E-state index contributed by atoms with van der Waals surface area (Å²) in [5.41, 5.74) is 4.55. The molecule has 1 atom stereocenters. The first-order valence-electron chi connectivity index (χ1n) is 8.65. The molecule has 1 fully saturated rings. The summed E-state index contributed by atoms with van der Waals surface area (Å²) in [7, 11) is 0. The van der Waals surface area contributed by atoms with E-state index in [1.54, 1.807) is 0 Å². The van der Waals surface area contributed by atoms with Crippen LogP contribution in [0, 0.1) is 20.8 Å². The highest BCUT2D eigenvalue weighted by Crippen LogP contribution is 2.24. The highest BCUT2D eigenvalue weighted by molar-refractivity contribution is 5.96. The summed E-state index contributed by atoms with van der Waals surface area (Å²) >= 11 is 0. The number of rotatable bonds is 6. The van der Waals surface area contributed by atoms with E-state index in [1.165, 1.54) is 24.8 Å². The Labute approximate surface area is 135 Å². The Balaban J connectivity index is 2.02. The summed E-state index contributed by atoms with van der Waals surface area (Å²) in [5, 5.41) is 3.19. The van der Waals surface area contributed by atoms with Gasteiger partial charge in [0.25, 0.3) is 0 Å². The average Bonchev–Trinajstić information content (AvgIpc) is 2.91. The van der Waals surface area contributed by atoms with Crippen LogP contribution in [-0.2, 0) is 4.79 Å². The second-order valence-corrected chi connectivity index (χ2v) is 6.66. The summed E-state index contributed by atoms with van der Waals surface area (Å²) in [6.07, 6.45) is 5.80. The van der Waals surface area contributed by atoms with E-state index in [4.69, 9.17) is 0 Å². The van der Waals surface area contributed by atoms with Gasteiger partial charge in [-0.15, -0.1) is 0 Å². The van der Waals surface area contributed by atoms with Crippen LogP contribution in [0.4, 0.5) is 5.69 Å². The average molecular weight is 302 g/mol. The summed E-state index contributed by atoms with van der Waals surface area (Å²) in [5.74, 6) is 0.170. The molecule has 22 heavy (non-hydrogen) atoms. The van der Waals surface area contributed by atoms with Gasteiger partial charge in [-0.1, -0.05) is 37.5 Å². The minimum Gasteiger partial charge on any atom is -0.324 e. The summed E-state index contributed by atoms with van der Waals surface area (Å²) in [4.78, 5) is 15.1. The number of nitrogens with zero attached hydrogens (tertiary/aromatic N) is 1. The number of aryl methyl sites for hydroxylation is 3. The monoisotopic (exact) mass is 302 g/mol. The van der Waals surface area contributed by atoms with Gasteiger partial charge in [0, 0.05) is 5.69 Å². The van der Waals surface area contributed by atoms with Crippen LogP contribution in [0.1, 0.15) is 55.7 Å². The molecular weight excluding hydrogens is 272 g/mol. The Morgan fingerprint density at radius 2 is 1.91 bits per heavy atom. The van der Waals surface area contributed by atoms with E-state index < -0.39 is 0 Å². The van der Waals surface area contributed by atoms with Crippen LogP contribution in [0.3, 0.4) is 0 Å². The molecule has 1 heterocycles. The molecule has 0 radical (unpaired) electrons. The highest BCUT2D eigenvalue weighted by atomic mass is 16.2. The molecule has 0 aliphatic carbocycles. The lowest BCUT2D eigenvalue weighted by atomic mass is 10.0. The first-order valence-corrected chi connectivity index (χ1v) is 8.65. The van der Waals surface area contributed by atoms with Gasteiger partial charge >= 0.3 is 0 Å². The summed E-state index contributed by atoms with van der Waals surface area (Å²) in [6, 6.07) is 4.32. The maximum Gasteiger partial charge on any atom is 0.241 e. The molecule has 1 aliphatic heterocycles. The maximum absolute atomic E-state index is 12.7. The zero-order chi connectivity index (χ0) is 16.1. The number of carbonyl (C=O) groups excluding carboxylic acids is 1. The van der Waals surface area contributed by atoms with E-state index in [9.17, 15) is 4.79 Å². The van der Waals surface area contributed by atoms with E-state index in [0.29, 0.717) is 0 Å². The van der Waals surface area contributed by atoms with E-state index in [2.05, 4.69) is 50.0 Å². The third-order valence-corrected chi connectivity index (χ3v) is 4.64. The molecule has 1 aromatic carbocycles. The lowest BCUT2D eigenvalue weighted by molar-refractivity contribution is -0.120. The molecule has 3 heteroatoms. The maximum atomic E-state index is 12.7. The molecule has 1 saturated heterocycles. The molecule has 0 aromatic heterocycles. The fourth-order valence-corrected chi connectivity index (χ4v) is 3.54. The van der Waals surface area contributed by atoms with E-state index in [1.807, 2.05) is 0 Å². The molecular formula is C19H30N2O. The van der Waals surface area contributed by atoms with Crippen molar-refractivity contribution in [2.24, 2.45) is 0 Å². The highest BCUT2D eigenvalue weighted by Gasteiger charge is 2.30. The number of anilines is 1. The first-order chi connectivity index (χ1) is 10.5. The van der Waals surface area contributed by atoms with Gasteiger partial charge < -0.3 is 5.32 Å². The second kappa shape index (κ2) is 7.77. The summed E-state index contributed by atoms with van der Waals surface area (Å²) < 4.78 is 0. The standard InChI is InChI=1S/C19H30N2O/c1-5-6-7-10-21-11-8-9-17(21)19(22)20-18-15(3)12-14(2)13-16(18)4/h12-13,17H,5-11H2,1-4H3,(H,20,22)/t17-/m1/s1. The van der Waals surface area contributed by atoms with Crippen molar-refractivity contribution in [1.82, 2.24) is 4.90 Å². The molecule has 1 N–H and O–H groups in total. The van der Waals surface area contributed by atoms with Crippen molar-refractivity contribution in [3.63, 3.8) is 0 Å². The van der Waals surface area contributed by atoms with Crippen molar-refractivity contribution in [2.75, 3.05) is 18.4 Å². The molecule has 2 rings (SSSR count). The smallest absolute Gasteiger partial charge is 0.241 e. The number of likely N-dealkylation sites (tertiary alicyclic amines) is 1. The van der Waals surface area contributed by atoms with Gasteiger partial charge in [-0.2, -0.15) is 0 Å². The Morgan fingerprint density at radius 3 is 2.55 bits per heavy atom. The van der Waals surface area contributed by atoms with E-state index >= 15 is 0 Å². The fraction of sp³-hybridized carbons (Fsp3) is 0.632. The van der Waals surface area contributed by atoms with Gasteiger partial charge in [0.05, 0.1) is 6.04 Å². The lowest BCUT2D eigenvalue weighted by Crippen LogP contribution is -2.40. The normalized spacial score (nSPS) is 18.6. The Kier molecular flexibility index (Phi) is 6.01. The zero-order valence-electron chi connectivity index (χ0n) is 14.5. The SMILES string of the molecule is CCCCCN1CCC[C@@H]1C(=O)Nc1c(C)cc(C)cc1C. The minimum atomic E-state index is 0.0527. The molecule has 0 spiro atoms. The Bertz CT molecular complexity index is 501. The number of unbranched alkanes of at least 4 members (excludes halogenated alkanes) is 2. The molecule has 122 valence electrons. The number of benzene rings is 1. The topological polar surface area (TPSA) is 32.3 Å². The predicted octanol–water partition coefficient (Wildman–Crippen LogP) is 4.20. The molecule has 0 saturated carbocycles. The van der Waals surface area contributed by atoms with Gasteiger partial charge in [-0.05, 0) is 64.3 Å². The van der Waals surface area contributed by atoms with E-state index in [0.717, 1.165) is 42.7 Å². The van der Waals surface area contributed by atoms with Crippen LogP contribution in [-0.4, -0.2) is 29.9 Å². The van der Waals surface area contributed by atoms with Crippen molar-refractivity contribution < 1.29 is 4.79 Å². The molecule has 1 aromatic rings. The zero-order valence-corrected chi connectivity index (χ0v) is 14.5. The number of hydrogen-bond donors (Lipinski definition) is 1. The third-order valence-electron chi connectivity index (χ3n) is 4.64. The van der Waals surface area contributed by atoms with Gasteiger partial charge in [0.2, 0.25) is 5.91 Å². The second-order valence-electron chi connectivity index (χ2n) is 6.66. The molecule has 0 bridgehead atoms. The van der Waals surface area contributed by atoms with Gasteiger partial charge in [-0.25, -0.2) is 0 Å². The van der Waals surface area contributed by atoms with Crippen LogP contribution >= 0.6 is 0 Å². The van der Waals surface area contributed by atoms with Crippen molar-refractivity contribution in [3.8, 4) is 0 Å². The third kappa shape index (κ3) is 4.10. The van der Waals surface area contributed by atoms with Crippen LogP contribution in [0.2, 0.25) is 0 Å². The van der Waals surface area contributed by atoms with Crippen LogP contribution in [0.25, 0.3) is 0 Å². The first kappa shape index (κ1) is 17.0. The lowest BCUT2D eigenvalue weighted by Gasteiger charge is -2.24. The van der Waals surface area contributed by atoms with Crippen molar-refractivity contribution >= 4 is 11.6 Å². The van der Waals surface area contributed by atoms with Crippen molar-refractivity contribution in [1.29, 1.82) is 0 Å². The number of nitrogens with one attached hydrogen (secondary N) is 1. The molecule has 1 aliphatic rings. The number of carbonyl (C=O) groups is 1. The quantitative estimate of drug-likeness (QED) is 0.799. The fourth-order valence-electron chi connectivity index (χ4n) is 3.54. The van der Waals surface area contributed by atoms with Crippen LogP contribution in [0.15, 0.2) is 12.1 Å². The number of amides is 1. The molecule has 3 nitrogen and oxygen atoms in total. The van der Waals surface area contributed by atoms with Crippen molar-refractivity contribution in [3.05, 3.63) is 28.8 Å². The van der Waals surface area contributed by atoms with Gasteiger partial charge in [-0.3, -0.25) is 9.69 Å². The largest absolute Gasteiger partial charge is 0.324 e. The number of hydrogen-bond acceptors (Lipinski definition) is 2. The Hall–Kier alpha value is -1.35. The van der Waals surface area contributed by atoms with Crippen LogP contribution in [0.5, 0.6) is 0 Å². The van der Waals surface area contributed by atoms with Gasteiger partial charge in [0.15, 0.2) is 0 Å². The van der Waals surface area contributed by atoms with E-state index in [-0.39, 0.29) is 11.9 Å². The minimum absolute atomic E-state index is 0.0527. The summed E-state index contributed by atoms with van der Waals surface area (Å²) in [6.45, 7) is 10.6. The Morgan fingerprint density at radius 1 is 1.23 bits per heavy atom. The van der Waals surface area contributed by atoms with Gasteiger partial charge in [0.1, 0.15) is 0 Å².